The van der Waals surface area contributed by atoms with Gasteiger partial charge < -0.3 is 106 Å². The molecule has 34 nitrogen and oxygen atoms in total. The third-order valence-corrected chi connectivity index (χ3v) is 16.6. The van der Waals surface area contributed by atoms with E-state index in [1.54, 1.807) is 79.9 Å². The van der Waals surface area contributed by atoms with Gasteiger partial charge in [-0.15, -0.1) is 0 Å². The molecular formula is C66H101N21O13. The summed E-state index contributed by atoms with van der Waals surface area (Å²) in [6.07, 6.45) is 0.454. The van der Waals surface area contributed by atoms with Crippen molar-refractivity contribution in [2.75, 3.05) is 92.4 Å². The molecule has 2 aliphatic heterocycles. The number of guanidine groups is 3. The van der Waals surface area contributed by atoms with Crippen molar-refractivity contribution in [3.05, 3.63) is 102 Å². The van der Waals surface area contributed by atoms with Crippen LogP contribution in [0, 0.1) is 16.2 Å². The highest BCUT2D eigenvalue weighted by atomic mass is 16.5. The van der Waals surface area contributed by atoms with Crippen LogP contribution >= 0.6 is 0 Å². The molecule has 0 bridgehead atoms. The van der Waals surface area contributed by atoms with E-state index in [1.807, 2.05) is 4.90 Å². The summed E-state index contributed by atoms with van der Waals surface area (Å²) in [4.78, 5) is 146. The number of benzene rings is 3. The molecule has 548 valence electrons. The maximum atomic E-state index is 15.0. The Bertz CT molecular complexity index is 3180. The van der Waals surface area contributed by atoms with Gasteiger partial charge in [0.2, 0.25) is 59.1 Å². The molecule has 3 aromatic carbocycles. The number of amides is 10. The summed E-state index contributed by atoms with van der Waals surface area (Å²) in [6, 6.07) is 12.4. The Morgan fingerprint density at radius 3 is 1.41 bits per heavy atom. The first-order valence-electron chi connectivity index (χ1n) is 33.5. The highest BCUT2D eigenvalue weighted by Gasteiger charge is 2.41. The summed E-state index contributed by atoms with van der Waals surface area (Å²) in [6.45, 7) is 5.31. The maximum absolute atomic E-state index is 15.0. The number of nitrogens with two attached hydrogens (primary N) is 5. The van der Waals surface area contributed by atoms with Crippen molar-refractivity contribution >= 4 is 77.0 Å². The van der Waals surface area contributed by atoms with Gasteiger partial charge in [-0.3, -0.25) is 69.1 Å². The van der Waals surface area contributed by atoms with Crippen molar-refractivity contribution in [2.24, 2.45) is 28.7 Å². The van der Waals surface area contributed by atoms with Crippen LogP contribution < -0.4 is 81.8 Å². The van der Waals surface area contributed by atoms with E-state index in [4.69, 9.17) is 54.4 Å². The number of nitrogens with one attached hydrogen (secondary N) is 13. The molecule has 0 spiro atoms. The number of hydrogen-bond donors (Lipinski definition) is 19. The molecule has 8 atom stereocenters. The van der Waals surface area contributed by atoms with Crippen LogP contribution in [0.2, 0.25) is 0 Å². The van der Waals surface area contributed by atoms with Crippen LogP contribution in [0.5, 0.6) is 5.75 Å². The smallest absolute Gasteiger partial charge is 0.245 e. The van der Waals surface area contributed by atoms with Crippen LogP contribution in [0.3, 0.4) is 0 Å². The first-order chi connectivity index (χ1) is 47.9. The van der Waals surface area contributed by atoms with E-state index in [-0.39, 0.29) is 121 Å². The van der Waals surface area contributed by atoms with Gasteiger partial charge in [0, 0.05) is 91.9 Å². The fourth-order valence-corrected chi connectivity index (χ4v) is 11.4. The molecule has 2 aliphatic rings. The summed E-state index contributed by atoms with van der Waals surface area (Å²) < 4.78 is 10.7. The van der Waals surface area contributed by atoms with E-state index in [9.17, 15) is 38.7 Å². The van der Waals surface area contributed by atoms with Crippen LogP contribution in [-0.2, 0) is 76.7 Å². The fourth-order valence-electron chi connectivity index (χ4n) is 11.4. The molecule has 0 aromatic heterocycles. The molecule has 0 unspecified atom stereocenters. The standard InChI is InChI=1S/C66H101N21O13/c1-99-35-36-100-34-12-28-85-30-32-86(33-31-85)41-55(90)78-50(39-44-21-23-45(88)24-22-44)59(94)84-51(37-42-13-4-2-5-14-42)60(95)79-46(17-8-25-75-64(69)70)58(93)83-52(38-43-15-6-3-7-16-43)61(96)81-48(19-10-27-77-66(73)74)63(98)87-29-11-20-53(87)62(97)80-47(18-9-26-76-65(71)72)57(92)82-49(56(68)91)40-54(67)89/h2-7,13-16,21-24,46-53,88H,8-12,17-20,25-41H2,1H3,(H2,67,89)(H2,68,91)(H,78,90)(H,79,95)(H,80,97)(H,81,96)(H,82,92)(H,83,93)(H,84,94)(H4,69,70,75)(H4,71,72,76)(H4,73,74,77)/t46-,47-,48-,49-,50-,51-,52-,53-/m0/s1. The molecule has 0 aliphatic carbocycles. The van der Waals surface area contributed by atoms with E-state index in [1.165, 1.54) is 17.0 Å². The number of ether oxygens (including phenoxy) is 2. The summed E-state index contributed by atoms with van der Waals surface area (Å²) in [7, 11) is 1.62. The maximum Gasteiger partial charge on any atom is 0.245 e. The molecule has 5 rings (SSSR count). The summed E-state index contributed by atoms with van der Waals surface area (Å²) >= 11 is 0. The second kappa shape index (κ2) is 43.3. The molecule has 0 saturated carbocycles. The van der Waals surface area contributed by atoms with Crippen molar-refractivity contribution in [3.8, 4) is 5.75 Å². The minimum Gasteiger partial charge on any atom is -0.508 e. The zero-order valence-corrected chi connectivity index (χ0v) is 56.7. The third kappa shape index (κ3) is 29.9. The molecule has 2 heterocycles. The van der Waals surface area contributed by atoms with E-state index in [2.05, 4.69) is 58.1 Å². The largest absolute Gasteiger partial charge is 0.508 e. The Balaban J connectivity index is 1.41. The topological polar surface area (TPSA) is 541 Å². The first kappa shape index (κ1) is 80.5. The Kier molecular flexibility index (Phi) is 34.8. The van der Waals surface area contributed by atoms with Crippen molar-refractivity contribution in [2.45, 2.75) is 132 Å². The van der Waals surface area contributed by atoms with Crippen LogP contribution in [0.4, 0.5) is 0 Å². The average molecular weight is 1400 g/mol. The number of methoxy groups -OCH3 is 1. The number of nitrogens with zero attached hydrogens (tertiary/aromatic N) is 3. The van der Waals surface area contributed by atoms with Crippen molar-refractivity contribution in [1.82, 2.24) is 67.9 Å². The predicted octanol–water partition coefficient (Wildman–Crippen LogP) is -4.37. The summed E-state index contributed by atoms with van der Waals surface area (Å²) in [5.74, 6) is -9.24. The second-order valence-corrected chi connectivity index (χ2v) is 24.5. The molecule has 2 saturated heterocycles. The average Bonchev–Trinajstić information content (AvgIpc) is 1.58. The fraction of sp³-hybridized carbons (Fsp3) is 0.530. The minimum absolute atomic E-state index is 0.0194. The number of carbonyl (C=O) groups is 10. The number of rotatable bonds is 44. The van der Waals surface area contributed by atoms with Gasteiger partial charge in [-0.1, -0.05) is 72.8 Å². The molecular weight excluding hydrogens is 1290 g/mol. The van der Waals surface area contributed by atoms with Gasteiger partial charge in [0.05, 0.1) is 26.2 Å². The Morgan fingerprint density at radius 1 is 0.500 bits per heavy atom. The summed E-state index contributed by atoms with van der Waals surface area (Å²) in [5.41, 5.74) is 29.2. The van der Waals surface area contributed by atoms with E-state index >= 15 is 14.4 Å². The molecule has 24 N–H and O–H groups in total. The Labute approximate surface area is 581 Å². The van der Waals surface area contributed by atoms with E-state index in [0.29, 0.717) is 69.1 Å². The lowest BCUT2D eigenvalue weighted by molar-refractivity contribution is -0.142. The van der Waals surface area contributed by atoms with Crippen molar-refractivity contribution < 1.29 is 62.5 Å². The van der Waals surface area contributed by atoms with Crippen LogP contribution in [0.1, 0.15) is 80.9 Å². The predicted molar refractivity (Wildman–Crippen MR) is 371 cm³/mol. The summed E-state index contributed by atoms with van der Waals surface area (Å²) in [5, 5.41) is 60.2. The minimum atomic E-state index is -1.53. The lowest BCUT2D eigenvalue weighted by Crippen LogP contribution is -2.61. The van der Waals surface area contributed by atoms with Gasteiger partial charge in [0.1, 0.15) is 54.1 Å². The third-order valence-electron chi connectivity index (χ3n) is 16.6. The van der Waals surface area contributed by atoms with Crippen LogP contribution in [0.15, 0.2) is 84.9 Å². The molecule has 0 radical (unpaired) electrons. The SMILES string of the molecule is COCCOCCCN1CCN(CC(=O)N[C@@H](Cc2ccc(O)cc2)C(=O)N[C@@H](Cc2ccccc2)C(=O)N[C@@H](CCCNC(=N)N)C(=O)N[C@@H](Cc2ccccc2)C(=O)N[C@@H](CCCNC(=N)N)C(=O)N2CCC[C@H]2C(=O)N[C@@H](CCCNC(=N)N)C(=O)N[C@@H](CC(N)=O)C(N)=O)CC1. The van der Waals surface area contributed by atoms with Gasteiger partial charge in [0.15, 0.2) is 17.9 Å². The number of piperazine rings is 1. The molecule has 10 amide bonds. The monoisotopic (exact) mass is 1400 g/mol. The Hall–Kier alpha value is -10.2. The van der Waals surface area contributed by atoms with Crippen LogP contribution in [-0.4, -0.2) is 237 Å². The van der Waals surface area contributed by atoms with Gasteiger partial charge in [-0.05, 0) is 86.6 Å². The van der Waals surface area contributed by atoms with Crippen molar-refractivity contribution in [3.63, 3.8) is 0 Å². The molecule has 2 fully saturated rings. The lowest BCUT2D eigenvalue weighted by atomic mass is 10.0. The highest BCUT2D eigenvalue weighted by Crippen LogP contribution is 2.21. The number of hydrogen-bond acceptors (Lipinski definition) is 18. The van der Waals surface area contributed by atoms with Gasteiger partial charge in [0.25, 0.3) is 0 Å². The lowest BCUT2D eigenvalue weighted by Gasteiger charge is -2.34. The quantitative estimate of drug-likeness (QED) is 0.0144. The number of carbonyl (C=O) groups excluding carboxylic acids is 10. The van der Waals surface area contributed by atoms with E-state index < -0.39 is 114 Å². The van der Waals surface area contributed by atoms with Gasteiger partial charge in [-0.2, -0.15) is 0 Å². The highest BCUT2D eigenvalue weighted by molar-refractivity contribution is 5.99. The Morgan fingerprint density at radius 2 is 0.930 bits per heavy atom. The first-order valence-corrected chi connectivity index (χ1v) is 33.5. The van der Waals surface area contributed by atoms with Gasteiger partial charge >= 0.3 is 0 Å². The molecule has 3 aromatic rings. The number of aromatic hydroxyl groups is 1. The number of phenolic OH excluding ortho intramolecular Hbond substituents is 1. The normalized spacial score (nSPS) is 15.9. The van der Waals surface area contributed by atoms with Gasteiger partial charge in [-0.25, -0.2) is 0 Å². The molecule has 34 heteroatoms. The number of likely N-dealkylation sites (tertiary alicyclic amines) is 1. The van der Waals surface area contributed by atoms with Crippen molar-refractivity contribution in [1.29, 1.82) is 16.2 Å². The zero-order valence-electron chi connectivity index (χ0n) is 56.7. The van der Waals surface area contributed by atoms with Crippen LogP contribution in [0.25, 0.3) is 0 Å². The van der Waals surface area contributed by atoms with E-state index in [0.717, 1.165) is 13.0 Å². The number of phenols is 1. The molecule has 100 heavy (non-hydrogen) atoms. The number of primary amides is 2. The zero-order chi connectivity index (χ0) is 72.9. The second-order valence-electron chi connectivity index (χ2n) is 24.5.